The molecule has 3 nitrogen and oxygen atoms in total. The highest BCUT2D eigenvalue weighted by Crippen LogP contribution is 2.16. The molecule has 1 rings (SSSR count). The SMILES string of the molecule is [CH2]CCOS(=O)(=O)c1ccc(C)c(C)c1. The van der Waals surface area contributed by atoms with Crippen LogP contribution in [0.25, 0.3) is 0 Å². The van der Waals surface area contributed by atoms with Gasteiger partial charge in [-0.1, -0.05) is 13.0 Å². The van der Waals surface area contributed by atoms with Crippen LogP contribution in [0.5, 0.6) is 0 Å². The van der Waals surface area contributed by atoms with Crippen molar-refractivity contribution in [2.24, 2.45) is 0 Å². The number of rotatable bonds is 4. The van der Waals surface area contributed by atoms with Crippen LogP contribution in [-0.4, -0.2) is 15.0 Å². The van der Waals surface area contributed by atoms with Crippen LogP contribution >= 0.6 is 0 Å². The fourth-order valence-electron chi connectivity index (χ4n) is 1.11. The molecule has 0 atom stereocenters. The first-order valence-electron chi connectivity index (χ1n) is 4.73. The van der Waals surface area contributed by atoms with Gasteiger partial charge in [-0.15, -0.1) is 0 Å². The molecule has 0 aliphatic carbocycles. The van der Waals surface area contributed by atoms with Gasteiger partial charge in [-0.25, -0.2) is 0 Å². The van der Waals surface area contributed by atoms with Crippen molar-refractivity contribution >= 4 is 10.1 Å². The Morgan fingerprint density at radius 2 is 1.93 bits per heavy atom. The molecule has 1 aromatic carbocycles. The van der Waals surface area contributed by atoms with Crippen molar-refractivity contribution in [3.63, 3.8) is 0 Å². The Bertz CT molecular complexity index is 435. The molecule has 0 N–H and O–H groups in total. The molecule has 1 aromatic rings. The van der Waals surface area contributed by atoms with Crippen LogP contribution in [0, 0.1) is 20.8 Å². The predicted molar refractivity (Wildman–Crippen MR) is 59.0 cm³/mol. The van der Waals surface area contributed by atoms with E-state index in [0.29, 0.717) is 6.42 Å². The standard InChI is InChI=1S/C11H15O3S/c1-4-7-14-15(12,13)11-6-5-9(2)10(3)8-11/h5-6,8H,1,4,7H2,2-3H3. The lowest BCUT2D eigenvalue weighted by Gasteiger charge is -2.06. The Labute approximate surface area is 91.2 Å². The van der Waals surface area contributed by atoms with Crippen LogP contribution < -0.4 is 0 Å². The predicted octanol–water partition coefficient (Wildman–Crippen LogP) is 2.23. The van der Waals surface area contributed by atoms with Crippen molar-refractivity contribution in [3.05, 3.63) is 36.2 Å². The second kappa shape index (κ2) is 4.77. The summed E-state index contributed by atoms with van der Waals surface area (Å²) < 4.78 is 28.0. The molecule has 1 radical (unpaired) electrons. The number of aryl methyl sites for hydroxylation is 2. The molecule has 0 aliphatic heterocycles. The van der Waals surface area contributed by atoms with E-state index < -0.39 is 10.1 Å². The summed E-state index contributed by atoms with van der Waals surface area (Å²) in [5, 5.41) is 0. The Hall–Kier alpha value is -0.870. The molecule has 0 aliphatic rings. The van der Waals surface area contributed by atoms with Gasteiger partial charge in [0.15, 0.2) is 0 Å². The molecule has 4 heteroatoms. The zero-order chi connectivity index (χ0) is 11.5. The summed E-state index contributed by atoms with van der Waals surface area (Å²) in [5.74, 6) is 0. The van der Waals surface area contributed by atoms with Crippen LogP contribution in [-0.2, 0) is 14.3 Å². The van der Waals surface area contributed by atoms with Crippen molar-refractivity contribution in [1.82, 2.24) is 0 Å². The average Bonchev–Trinajstić information content (AvgIpc) is 2.19. The third kappa shape index (κ3) is 3.04. The molecule has 0 spiro atoms. The maximum atomic E-state index is 11.6. The summed E-state index contributed by atoms with van der Waals surface area (Å²) in [6.45, 7) is 7.45. The molecule has 15 heavy (non-hydrogen) atoms. The van der Waals surface area contributed by atoms with E-state index in [1.165, 1.54) is 0 Å². The highest BCUT2D eigenvalue weighted by molar-refractivity contribution is 7.86. The van der Waals surface area contributed by atoms with Crippen LogP contribution in [0.2, 0.25) is 0 Å². The van der Waals surface area contributed by atoms with Crippen LogP contribution in [0.3, 0.4) is 0 Å². The number of benzene rings is 1. The third-order valence-electron chi connectivity index (χ3n) is 2.15. The molecule has 83 valence electrons. The fraction of sp³-hybridized carbons (Fsp3) is 0.364. The molecular weight excluding hydrogens is 212 g/mol. The summed E-state index contributed by atoms with van der Waals surface area (Å²) in [6.07, 6.45) is 0.435. The number of hydrogen-bond acceptors (Lipinski definition) is 3. The van der Waals surface area contributed by atoms with Gasteiger partial charge < -0.3 is 0 Å². The Kier molecular flexibility index (Phi) is 3.88. The highest BCUT2D eigenvalue weighted by atomic mass is 32.2. The lowest BCUT2D eigenvalue weighted by molar-refractivity contribution is 0.324. The van der Waals surface area contributed by atoms with E-state index in [1.54, 1.807) is 18.2 Å². The van der Waals surface area contributed by atoms with Crippen LogP contribution in [0.15, 0.2) is 23.1 Å². The topological polar surface area (TPSA) is 43.4 Å². The Morgan fingerprint density at radius 3 is 2.47 bits per heavy atom. The molecule has 0 fully saturated rings. The van der Waals surface area contributed by atoms with Gasteiger partial charge in [0.1, 0.15) is 0 Å². The van der Waals surface area contributed by atoms with E-state index in [-0.39, 0.29) is 11.5 Å². The second-order valence-corrected chi connectivity index (χ2v) is 4.99. The summed E-state index contributed by atoms with van der Waals surface area (Å²) in [5.41, 5.74) is 2.00. The lowest BCUT2D eigenvalue weighted by atomic mass is 10.1. The largest absolute Gasteiger partial charge is 0.296 e. The van der Waals surface area contributed by atoms with Gasteiger partial charge in [-0.2, -0.15) is 8.42 Å². The van der Waals surface area contributed by atoms with E-state index in [2.05, 4.69) is 6.92 Å². The molecule has 0 heterocycles. The van der Waals surface area contributed by atoms with Gasteiger partial charge in [-0.3, -0.25) is 4.18 Å². The first kappa shape index (κ1) is 12.2. The summed E-state index contributed by atoms with van der Waals surface area (Å²) in [6, 6.07) is 4.95. The second-order valence-electron chi connectivity index (χ2n) is 3.38. The van der Waals surface area contributed by atoms with Crippen molar-refractivity contribution in [2.45, 2.75) is 25.2 Å². The summed E-state index contributed by atoms with van der Waals surface area (Å²) in [7, 11) is -3.60. The maximum Gasteiger partial charge on any atom is 0.296 e. The zero-order valence-electron chi connectivity index (χ0n) is 8.99. The van der Waals surface area contributed by atoms with Crippen molar-refractivity contribution in [3.8, 4) is 0 Å². The third-order valence-corrected chi connectivity index (χ3v) is 3.46. The lowest BCUT2D eigenvalue weighted by Crippen LogP contribution is -2.07. The van der Waals surface area contributed by atoms with Crippen molar-refractivity contribution in [1.29, 1.82) is 0 Å². The van der Waals surface area contributed by atoms with E-state index in [1.807, 2.05) is 13.8 Å². The molecule has 0 aromatic heterocycles. The minimum absolute atomic E-state index is 0.120. The van der Waals surface area contributed by atoms with Crippen LogP contribution in [0.1, 0.15) is 17.5 Å². The average molecular weight is 227 g/mol. The highest BCUT2D eigenvalue weighted by Gasteiger charge is 2.14. The normalized spacial score (nSPS) is 11.7. The maximum absolute atomic E-state index is 11.6. The first-order valence-corrected chi connectivity index (χ1v) is 6.14. The van der Waals surface area contributed by atoms with Gasteiger partial charge in [0.05, 0.1) is 11.5 Å². The van der Waals surface area contributed by atoms with Gasteiger partial charge >= 0.3 is 0 Å². The van der Waals surface area contributed by atoms with Crippen molar-refractivity contribution in [2.75, 3.05) is 6.61 Å². The molecule has 0 amide bonds. The van der Waals surface area contributed by atoms with E-state index in [4.69, 9.17) is 4.18 Å². The monoisotopic (exact) mass is 227 g/mol. The quantitative estimate of drug-likeness (QED) is 0.741. The Balaban J connectivity index is 3.00. The van der Waals surface area contributed by atoms with Crippen LogP contribution in [0.4, 0.5) is 0 Å². The van der Waals surface area contributed by atoms with Gasteiger partial charge in [-0.05, 0) is 43.5 Å². The zero-order valence-corrected chi connectivity index (χ0v) is 9.80. The van der Waals surface area contributed by atoms with Gasteiger partial charge in [0.2, 0.25) is 0 Å². The summed E-state index contributed by atoms with van der Waals surface area (Å²) in [4.78, 5) is 0.207. The minimum atomic E-state index is -3.60. The molecule has 0 bridgehead atoms. The molecule has 0 saturated carbocycles. The minimum Gasteiger partial charge on any atom is -0.266 e. The van der Waals surface area contributed by atoms with Gasteiger partial charge in [0, 0.05) is 0 Å². The van der Waals surface area contributed by atoms with E-state index >= 15 is 0 Å². The number of hydrogen-bond donors (Lipinski definition) is 0. The molecule has 0 saturated heterocycles. The van der Waals surface area contributed by atoms with E-state index in [0.717, 1.165) is 11.1 Å². The summed E-state index contributed by atoms with van der Waals surface area (Å²) >= 11 is 0. The van der Waals surface area contributed by atoms with E-state index in [9.17, 15) is 8.42 Å². The Morgan fingerprint density at radius 1 is 1.27 bits per heavy atom. The first-order chi connectivity index (χ1) is 6.97. The molecule has 0 unspecified atom stereocenters. The van der Waals surface area contributed by atoms with Crippen molar-refractivity contribution < 1.29 is 12.6 Å². The van der Waals surface area contributed by atoms with Gasteiger partial charge in [0.25, 0.3) is 10.1 Å². The fourth-order valence-corrected chi connectivity index (χ4v) is 2.14. The smallest absolute Gasteiger partial charge is 0.266 e. The molecular formula is C11H15O3S.